The molecule has 0 aromatic heterocycles. The Labute approximate surface area is 107 Å². The smallest absolute Gasteiger partial charge is 0.0371 e. The van der Waals surface area contributed by atoms with Crippen molar-refractivity contribution in [2.24, 2.45) is 5.41 Å². The van der Waals surface area contributed by atoms with Gasteiger partial charge < -0.3 is 5.32 Å². The van der Waals surface area contributed by atoms with Crippen LogP contribution in [0.3, 0.4) is 0 Å². The summed E-state index contributed by atoms with van der Waals surface area (Å²) >= 11 is 0. The minimum atomic E-state index is 0.239. The zero-order valence-electron chi connectivity index (χ0n) is 12.0. The Bertz CT molecular complexity index is 310. The molecule has 2 atom stereocenters. The topological polar surface area (TPSA) is 12.0 Å². The molecule has 2 unspecified atom stereocenters. The second kappa shape index (κ2) is 6.20. The third kappa shape index (κ3) is 4.51. The Balaban J connectivity index is 2.83. The van der Waals surface area contributed by atoms with Crippen molar-refractivity contribution >= 4 is 0 Å². The molecule has 0 radical (unpaired) electrons. The van der Waals surface area contributed by atoms with Gasteiger partial charge in [0.1, 0.15) is 0 Å². The molecule has 1 aromatic carbocycles. The maximum absolute atomic E-state index is 3.77. The van der Waals surface area contributed by atoms with Crippen LogP contribution < -0.4 is 5.32 Å². The summed E-state index contributed by atoms with van der Waals surface area (Å²) in [4.78, 5) is 0. The summed E-state index contributed by atoms with van der Waals surface area (Å²) in [5, 5.41) is 3.77. The van der Waals surface area contributed by atoms with Crippen molar-refractivity contribution < 1.29 is 0 Å². The molecule has 0 bridgehead atoms. The van der Waals surface area contributed by atoms with E-state index in [1.165, 1.54) is 18.4 Å². The average molecular weight is 233 g/mol. The largest absolute Gasteiger partial charge is 0.307 e. The normalized spacial score (nSPS) is 15.6. The molecule has 0 aliphatic heterocycles. The van der Waals surface area contributed by atoms with Crippen molar-refractivity contribution in [3.63, 3.8) is 0 Å². The molecule has 1 nitrogen and oxygen atoms in total. The van der Waals surface area contributed by atoms with Crippen LogP contribution in [0.25, 0.3) is 0 Å². The molecule has 1 rings (SSSR count). The molecular weight excluding hydrogens is 206 g/mol. The standard InChI is InChI=1S/C16H27N/c1-6-10-13(2)17-15(16(3,4)5)14-11-8-7-9-12-14/h7-9,11-13,15,17H,6,10H2,1-5H3. The highest BCUT2D eigenvalue weighted by Gasteiger charge is 2.26. The molecule has 0 aliphatic carbocycles. The average Bonchev–Trinajstić information content (AvgIpc) is 2.26. The first kappa shape index (κ1) is 14.2. The maximum Gasteiger partial charge on any atom is 0.0371 e. The zero-order valence-corrected chi connectivity index (χ0v) is 12.0. The van der Waals surface area contributed by atoms with Gasteiger partial charge in [-0.1, -0.05) is 64.4 Å². The summed E-state index contributed by atoms with van der Waals surface area (Å²) in [7, 11) is 0. The summed E-state index contributed by atoms with van der Waals surface area (Å²) in [5.41, 5.74) is 1.63. The third-order valence-corrected chi connectivity index (χ3v) is 3.17. The van der Waals surface area contributed by atoms with E-state index in [-0.39, 0.29) is 5.41 Å². The molecule has 0 heterocycles. The SMILES string of the molecule is CCCC(C)NC(c1ccccc1)C(C)(C)C. The number of hydrogen-bond acceptors (Lipinski definition) is 1. The first-order chi connectivity index (χ1) is 7.95. The van der Waals surface area contributed by atoms with Gasteiger partial charge >= 0.3 is 0 Å². The van der Waals surface area contributed by atoms with E-state index in [4.69, 9.17) is 0 Å². The fourth-order valence-electron chi connectivity index (χ4n) is 2.29. The van der Waals surface area contributed by atoms with Gasteiger partial charge in [-0.15, -0.1) is 0 Å². The van der Waals surface area contributed by atoms with Crippen molar-refractivity contribution in [3.05, 3.63) is 35.9 Å². The van der Waals surface area contributed by atoms with Gasteiger partial charge in [-0.2, -0.15) is 0 Å². The number of rotatable bonds is 5. The molecule has 0 aliphatic rings. The van der Waals surface area contributed by atoms with E-state index in [9.17, 15) is 0 Å². The minimum absolute atomic E-state index is 0.239. The second-order valence-electron chi connectivity index (χ2n) is 6.07. The quantitative estimate of drug-likeness (QED) is 0.786. The lowest BCUT2D eigenvalue weighted by molar-refractivity contribution is 0.249. The molecular formula is C16H27N. The molecule has 1 N–H and O–H groups in total. The highest BCUT2D eigenvalue weighted by atomic mass is 15.0. The third-order valence-electron chi connectivity index (χ3n) is 3.17. The highest BCUT2D eigenvalue weighted by Crippen LogP contribution is 2.33. The van der Waals surface area contributed by atoms with Gasteiger partial charge in [0.15, 0.2) is 0 Å². The predicted octanol–water partition coefficient (Wildman–Crippen LogP) is 4.55. The van der Waals surface area contributed by atoms with Crippen molar-refractivity contribution in [1.29, 1.82) is 0 Å². The van der Waals surface area contributed by atoms with Crippen LogP contribution in [0, 0.1) is 5.41 Å². The van der Waals surface area contributed by atoms with Crippen molar-refractivity contribution in [3.8, 4) is 0 Å². The van der Waals surface area contributed by atoms with E-state index >= 15 is 0 Å². The highest BCUT2D eigenvalue weighted by molar-refractivity contribution is 5.20. The molecule has 0 saturated carbocycles. The second-order valence-corrected chi connectivity index (χ2v) is 6.07. The first-order valence-corrected chi connectivity index (χ1v) is 6.76. The van der Waals surface area contributed by atoms with Crippen LogP contribution in [-0.2, 0) is 0 Å². The van der Waals surface area contributed by atoms with Gasteiger partial charge in [0.2, 0.25) is 0 Å². The summed E-state index contributed by atoms with van der Waals surface area (Å²) in [6, 6.07) is 11.8. The van der Waals surface area contributed by atoms with Gasteiger partial charge in [-0.05, 0) is 24.3 Å². The van der Waals surface area contributed by atoms with Crippen LogP contribution in [0.15, 0.2) is 30.3 Å². The van der Waals surface area contributed by atoms with Gasteiger partial charge in [-0.25, -0.2) is 0 Å². The predicted molar refractivity (Wildman–Crippen MR) is 76.1 cm³/mol. The van der Waals surface area contributed by atoms with E-state index in [2.05, 4.69) is 70.3 Å². The Hall–Kier alpha value is -0.820. The van der Waals surface area contributed by atoms with Gasteiger partial charge in [0, 0.05) is 12.1 Å². The van der Waals surface area contributed by atoms with Gasteiger partial charge in [0.25, 0.3) is 0 Å². The van der Waals surface area contributed by atoms with Crippen molar-refractivity contribution in [1.82, 2.24) is 5.32 Å². The Morgan fingerprint density at radius 3 is 2.18 bits per heavy atom. The Kier molecular flexibility index (Phi) is 5.20. The fourth-order valence-corrected chi connectivity index (χ4v) is 2.29. The lowest BCUT2D eigenvalue weighted by Gasteiger charge is -2.34. The number of nitrogens with one attached hydrogen (secondary N) is 1. The lowest BCUT2D eigenvalue weighted by atomic mass is 9.82. The Morgan fingerprint density at radius 2 is 1.71 bits per heavy atom. The zero-order chi connectivity index (χ0) is 12.9. The Morgan fingerprint density at radius 1 is 1.12 bits per heavy atom. The van der Waals surface area contributed by atoms with E-state index in [0.717, 1.165) is 0 Å². The molecule has 0 spiro atoms. The van der Waals surface area contributed by atoms with Gasteiger partial charge in [0.05, 0.1) is 0 Å². The molecule has 0 fully saturated rings. The maximum atomic E-state index is 3.77. The summed E-state index contributed by atoms with van der Waals surface area (Å²) in [6.45, 7) is 11.4. The number of hydrogen-bond donors (Lipinski definition) is 1. The molecule has 0 saturated heterocycles. The van der Waals surface area contributed by atoms with Crippen LogP contribution in [0.4, 0.5) is 0 Å². The molecule has 1 heteroatoms. The van der Waals surface area contributed by atoms with Crippen molar-refractivity contribution in [2.45, 2.75) is 59.5 Å². The van der Waals surface area contributed by atoms with Crippen molar-refractivity contribution in [2.75, 3.05) is 0 Å². The van der Waals surface area contributed by atoms with E-state index in [0.29, 0.717) is 12.1 Å². The molecule has 0 amide bonds. The van der Waals surface area contributed by atoms with E-state index in [1.54, 1.807) is 0 Å². The first-order valence-electron chi connectivity index (χ1n) is 6.76. The van der Waals surface area contributed by atoms with Crippen LogP contribution in [0.5, 0.6) is 0 Å². The van der Waals surface area contributed by atoms with Crippen LogP contribution in [0.1, 0.15) is 59.1 Å². The lowest BCUT2D eigenvalue weighted by Crippen LogP contribution is -2.37. The fraction of sp³-hybridized carbons (Fsp3) is 0.625. The van der Waals surface area contributed by atoms with Crippen LogP contribution >= 0.6 is 0 Å². The van der Waals surface area contributed by atoms with E-state index in [1.807, 2.05) is 0 Å². The molecule has 17 heavy (non-hydrogen) atoms. The summed E-state index contributed by atoms with van der Waals surface area (Å²) in [5.74, 6) is 0. The van der Waals surface area contributed by atoms with Gasteiger partial charge in [-0.3, -0.25) is 0 Å². The van der Waals surface area contributed by atoms with Crippen LogP contribution in [-0.4, -0.2) is 6.04 Å². The summed E-state index contributed by atoms with van der Waals surface area (Å²) in [6.07, 6.45) is 2.47. The summed E-state index contributed by atoms with van der Waals surface area (Å²) < 4.78 is 0. The molecule has 96 valence electrons. The number of benzene rings is 1. The van der Waals surface area contributed by atoms with Crippen LogP contribution in [0.2, 0.25) is 0 Å². The minimum Gasteiger partial charge on any atom is -0.307 e. The molecule has 1 aromatic rings. The monoisotopic (exact) mass is 233 g/mol. The van der Waals surface area contributed by atoms with E-state index < -0.39 is 0 Å².